The zero-order valence-corrected chi connectivity index (χ0v) is 14.6. The molecule has 0 saturated heterocycles. The molecule has 126 valence electrons. The molecule has 4 heteroatoms. The van der Waals surface area contributed by atoms with Crippen LogP contribution < -0.4 is 5.73 Å². The quantitative estimate of drug-likeness (QED) is 0.630. The van der Waals surface area contributed by atoms with E-state index in [9.17, 15) is 0 Å². The monoisotopic (exact) mass is 300 g/mol. The van der Waals surface area contributed by atoms with Crippen molar-refractivity contribution in [2.45, 2.75) is 58.9 Å². The van der Waals surface area contributed by atoms with Gasteiger partial charge in [-0.15, -0.1) is 0 Å². The minimum absolute atomic E-state index is 0.121. The molecule has 0 bridgehead atoms. The Morgan fingerprint density at radius 3 is 2.00 bits per heavy atom. The topological polar surface area (TPSA) is 47.7 Å². The normalized spacial score (nSPS) is 25.4. The molecule has 1 aliphatic carbocycles. The predicted molar refractivity (Wildman–Crippen MR) is 88.6 cm³/mol. The average Bonchev–Trinajstić information content (AvgIpc) is 2.44. The van der Waals surface area contributed by atoms with Crippen LogP contribution in [0.1, 0.15) is 53.4 Å². The Morgan fingerprint density at radius 2 is 1.57 bits per heavy atom. The Kier molecular flexibility index (Phi) is 8.17. The summed E-state index contributed by atoms with van der Waals surface area (Å²) in [6.07, 6.45) is 4.95. The van der Waals surface area contributed by atoms with Gasteiger partial charge in [-0.05, 0) is 38.5 Å². The summed E-state index contributed by atoms with van der Waals surface area (Å²) in [6, 6.07) is 0. The van der Waals surface area contributed by atoms with Gasteiger partial charge in [0.15, 0.2) is 0 Å². The summed E-state index contributed by atoms with van der Waals surface area (Å²) < 4.78 is 11.2. The highest BCUT2D eigenvalue weighted by Crippen LogP contribution is 2.43. The largest absolute Gasteiger partial charge is 0.380 e. The van der Waals surface area contributed by atoms with Crippen LogP contribution in [-0.4, -0.2) is 56.5 Å². The summed E-state index contributed by atoms with van der Waals surface area (Å²) >= 11 is 0. The minimum Gasteiger partial charge on any atom is -0.380 e. The second kappa shape index (κ2) is 9.09. The lowest BCUT2D eigenvalue weighted by molar-refractivity contribution is -0.0226. The lowest BCUT2D eigenvalue weighted by atomic mass is 9.67. The Balaban J connectivity index is 2.74. The predicted octanol–water partition coefficient (Wildman–Crippen LogP) is 2.66. The third-order valence-electron chi connectivity index (χ3n) is 4.77. The number of rotatable bonds is 10. The Bertz CT molecular complexity index is 274. The first-order valence-corrected chi connectivity index (χ1v) is 8.60. The Morgan fingerprint density at radius 1 is 1.00 bits per heavy atom. The fraction of sp³-hybridized carbons (Fsp3) is 1.00. The van der Waals surface area contributed by atoms with Gasteiger partial charge in [-0.3, -0.25) is 4.90 Å². The SMILES string of the molecule is CCOCCN(CCOCC)C1(CN)CCCC(C)(C)C1. The van der Waals surface area contributed by atoms with Crippen LogP contribution in [0, 0.1) is 5.41 Å². The number of hydrogen-bond acceptors (Lipinski definition) is 4. The molecular weight excluding hydrogens is 264 g/mol. The van der Waals surface area contributed by atoms with Gasteiger partial charge < -0.3 is 15.2 Å². The standard InChI is InChI=1S/C17H36N2O2/c1-5-20-12-10-19(11-13-21-6-2)17(15-18)9-7-8-16(3,4)14-17/h5-15,18H2,1-4H3. The van der Waals surface area contributed by atoms with Gasteiger partial charge in [0.05, 0.1) is 13.2 Å². The van der Waals surface area contributed by atoms with Gasteiger partial charge in [0.2, 0.25) is 0 Å². The van der Waals surface area contributed by atoms with E-state index in [2.05, 4.69) is 18.7 Å². The molecule has 1 saturated carbocycles. The lowest BCUT2D eigenvalue weighted by Crippen LogP contribution is -2.59. The van der Waals surface area contributed by atoms with Crippen LogP contribution in [0.25, 0.3) is 0 Å². The fourth-order valence-electron chi connectivity index (χ4n) is 3.76. The van der Waals surface area contributed by atoms with Crippen LogP contribution >= 0.6 is 0 Å². The highest BCUT2D eigenvalue weighted by atomic mass is 16.5. The summed E-state index contributed by atoms with van der Waals surface area (Å²) in [7, 11) is 0. The second-order valence-electron chi connectivity index (χ2n) is 7.00. The maximum absolute atomic E-state index is 6.25. The van der Waals surface area contributed by atoms with Crippen molar-refractivity contribution in [2.75, 3.05) is 46.1 Å². The van der Waals surface area contributed by atoms with Crippen molar-refractivity contribution < 1.29 is 9.47 Å². The van der Waals surface area contributed by atoms with Gasteiger partial charge in [0.25, 0.3) is 0 Å². The first kappa shape index (κ1) is 18.9. The van der Waals surface area contributed by atoms with Crippen molar-refractivity contribution in [1.82, 2.24) is 4.90 Å². The first-order valence-electron chi connectivity index (χ1n) is 8.60. The maximum atomic E-state index is 6.25. The van der Waals surface area contributed by atoms with E-state index in [4.69, 9.17) is 15.2 Å². The molecule has 4 nitrogen and oxygen atoms in total. The van der Waals surface area contributed by atoms with Gasteiger partial charge in [-0.1, -0.05) is 20.3 Å². The zero-order chi connectivity index (χ0) is 15.8. The molecule has 0 heterocycles. The van der Waals surface area contributed by atoms with Crippen LogP contribution in [0.5, 0.6) is 0 Å². The van der Waals surface area contributed by atoms with E-state index in [0.29, 0.717) is 5.41 Å². The highest BCUT2D eigenvalue weighted by molar-refractivity contribution is 4.99. The summed E-state index contributed by atoms with van der Waals surface area (Å²) in [5.74, 6) is 0. The third kappa shape index (κ3) is 5.85. The van der Waals surface area contributed by atoms with E-state index in [1.807, 2.05) is 13.8 Å². The van der Waals surface area contributed by atoms with E-state index >= 15 is 0 Å². The van der Waals surface area contributed by atoms with Crippen molar-refractivity contribution in [3.05, 3.63) is 0 Å². The Hall–Kier alpha value is -0.160. The van der Waals surface area contributed by atoms with E-state index in [1.54, 1.807) is 0 Å². The number of hydrogen-bond donors (Lipinski definition) is 1. The molecule has 1 unspecified atom stereocenters. The molecule has 1 rings (SSSR count). The van der Waals surface area contributed by atoms with Gasteiger partial charge in [-0.2, -0.15) is 0 Å². The van der Waals surface area contributed by atoms with Gasteiger partial charge in [-0.25, -0.2) is 0 Å². The van der Waals surface area contributed by atoms with Crippen LogP contribution in [0.15, 0.2) is 0 Å². The maximum Gasteiger partial charge on any atom is 0.0593 e. The molecule has 0 aliphatic heterocycles. The van der Waals surface area contributed by atoms with Crippen LogP contribution in [0.2, 0.25) is 0 Å². The average molecular weight is 300 g/mol. The summed E-state index contributed by atoms with van der Waals surface area (Å²) in [4.78, 5) is 2.54. The molecule has 0 amide bonds. The zero-order valence-electron chi connectivity index (χ0n) is 14.6. The molecule has 0 spiro atoms. The molecule has 0 aromatic carbocycles. The summed E-state index contributed by atoms with van der Waals surface area (Å²) in [5.41, 5.74) is 6.75. The van der Waals surface area contributed by atoms with Crippen LogP contribution in [0.4, 0.5) is 0 Å². The number of nitrogens with zero attached hydrogens (tertiary/aromatic N) is 1. The fourth-order valence-corrected chi connectivity index (χ4v) is 3.76. The lowest BCUT2D eigenvalue weighted by Gasteiger charge is -2.51. The van der Waals surface area contributed by atoms with Crippen molar-refractivity contribution in [3.8, 4) is 0 Å². The van der Waals surface area contributed by atoms with E-state index < -0.39 is 0 Å². The van der Waals surface area contributed by atoms with E-state index in [0.717, 1.165) is 46.1 Å². The Labute approximate surface area is 131 Å². The molecule has 2 N–H and O–H groups in total. The van der Waals surface area contributed by atoms with Gasteiger partial charge in [0.1, 0.15) is 0 Å². The molecule has 0 aromatic rings. The summed E-state index contributed by atoms with van der Waals surface area (Å²) in [5, 5.41) is 0. The summed E-state index contributed by atoms with van der Waals surface area (Å²) in [6.45, 7) is 14.6. The van der Waals surface area contributed by atoms with Crippen LogP contribution in [0.3, 0.4) is 0 Å². The minimum atomic E-state index is 0.121. The number of ether oxygens (including phenoxy) is 2. The van der Waals surface area contributed by atoms with Crippen molar-refractivity contribution >= 4 is 0 Å². The van der Waals surface area contributed by atoms with Crippen molar-refractivity contribution in [1.29, 1.82) is 0 Å². The molecule has 21 heavy (non-hydrogen) atoms. The molecule has 0 aromatic heterocycles. The van der Waals surface area contributed by atoms with Crippen LogP contribution in [-0.2, 0) is 9.47 Å². The molecule has 0 radical (unpaired) electrons. The molecular formula is C17H36N2O2. The van der Waals surface area contributed by atoms with E-state index in [-0.39, 0.29) is 5.54 Å². The third-order valence-corrected chi connectivity index (χ3v) is 4.77. The highest BCUT2D eigenvalue weighted by Gasteiger charge is 2.42. The van der Waals surface area contributed by atoms with E-state index in [1.165, 1.54) is 25.7 Å². The van der Waals surface area contributed by atoms with Crippen molar-refractivity contribution in [3.63, 3.8) is 0 Å². The number of nitrogens with two attached hydrogens (primary N) is 1. The van der Waals surface area contributed by atoms with Gasteiger partial charge >= 0.3 is 0 Å². The van der Waals surface area contributed by atoms with Gasteiger partial charge in [0, 0.05) is 38.4 Å². The molecule has 1 atom stereocenters. The molecule has 1 fully saturated rings. The first-order chi connectivity index (χ1) is 9.99. The second-order valence-corrected chi connectivity index (χ2v) is 7.00. The smallest absolute Gasteiger partial charge is 0.0593 e. The molecule has 1 aliphatic rings. The van der Waals surface area contributed by atoms with Crippen molar-refractivity contribution in [2.24, 2.45) is 11.1 Å².